The van der Waals surface area contributed by atoms with E-state index in [4.69, 9.17) is 0 Å². The zero-order valence-corrected chi connectivity index (χ0v) is 17.4. The summed E-state index contributed by atoms with van der Waals surface area (Å²) in [5.41, 5.74) is 0.493. The summed E-state index contributed by atoms with van der Waals surface area (Å²) < 4.78 is 0. The number of carbonyl (C=O) groups excluding carboxylic acids is 3. The SMILES string of the molecule is O=C(C1CC1)N1CCCC(N2C(=O)NC3(CCN(Cc4ccccc4)CC3)C2=O)C1. The van der Waals surface area contributed by atoms with Gasteiger partial charge >= 0.3 is 6.03 Å². The molecule has 3 saturated heterocycles. The highest BCUT2D eigenvalue weighted by Crippen LogP contribution is 2.35. The van der Waals surface area contributed by atoms with E-state index in [0.29, 0.717) is 19.4 Å². The molecule has 4 amide bonds. The maximum absolute atomic E-state index is 13.4. The minimum atomic E-state index is -0.771. The summed E-state index contributed by atoms with van der Waals surface area (Å²) >= 11 is 0. The minimum Gasteiger partial charge on any atom is -0.340 e. The van der Waals surface area contributed by atoms with Crippen LogP contribution in [-0.2, 0) is 16.1 Å². The topological polar surface area (TPSA) is 73.0 Å². The second kappa shape index (κ2) is 7.69. The summed E-state index contributed by atoms with van der Waals surface area (Å²) in [4.78, 5) is 44.4. The second-order valence-electron chi connectivity index (χ2n) is 9.30. The number of nitrogens with zero attached hydrogens (tertiary/aromatic N) is 3. The molecule has 1 aromatic carbocycles. The van der Waals surface area contributed by atoms with Crippen LogP contribution in [0.2, 0.25) is 0 Å². The molecule has 160 valence electrons. The van der Waals surface area contributed by atoms with E-state index in [9.17, 15) is 14.4 Å². The zero-order valence-electron chi connectivity index (χ0n) is 17.4. The van der Waals surface area contributed by atoms with Gasteiger partial charge in [0, 0.05) is 38.6 Å². The zero-order chi connectivity index (χ0) is 20.7. The number of piperidine rings is 2. The molecule has 4 aliphatic rings. The van der Waals surface area contributed by atoms with Gasteiger partial charge in [0.2, 0.25) is 5.91 Å². The molecule has 3 aliphatic heterocycles. The highest BCUT2D eigenvalue weighted by molar-refractivity contribution is 6.07. The Morgan fingerprint density at radius 2 is 1.77 bits per heavy atom. The highest BCUT2D eigenvalue weighted by Gasteiger charge is 2.54. The van der Waals surface area contributed by atoms with Crippen LogP contribution in [0.5, 0.6) is 0 Å². The van der Waals surface area contributed by atoms with Crippen LogP contribution in [0.25, 0.3) is 0 Å². The first-order chi connectivity index (χ1) is 14.6. The van der Waals surface area contributed by atoms with Crippen LogP contribution in [0.1, 0.15) is 44.1 Å². The van der Waals surface area contributed by atoms with Crippen molar-refractivity contribution in [1.82, 2.24) is 20.0 Å². The van der Waals surface area contributed by atoms with Crippen LogP contribution in [0.4, 0.5) is 4.79 Å². The predicted molar refractivity (Wildman–Crippen MR) is 111 cm³/mol. The van der Waals surface area contributed by atoms with Gasteiger partial charge < -0.3 is 10.2 Å². The maximum atomic E-state index is 13.4. The number of carbonyl (C=O) groups is 3. The summed E-state index contributed by atoms with van der Waals surface area (Å²) in [5, 5.41) is 3.04. The van der Waals surface area contributed by atoms with Crippen LogP contribution in [-0.4, -0.2) is 70.3 Å². The molecule has 1 saturated carbocycles. The molecule has 1 aliphatic carbocycles. The molecule has 1 spiro atoms. The number of imide groups is 1. The number of urea groups is 1. The lowest BCUT2D eigenvalue weighted by molar-refractivity contribution is -0.139. The third-order valence-corrected chi connectivity index (χ3v) is 7.15. The first-order valence-electron chi connectivity index (χ1n) is 11.3. The maximum Gasteiger partial charge on any atom is 0.325 e. The van der Waals surface area contributed by atoms with E-state index < -0.39 is 5.54 Å². The minimum absolute atomic E-state index is 0.0856. The quantitative estimate of drug-likeness (QED) is 0.771. The number of nitrogens with one attached hydrogen (secondary N) is 1. The Kier molecular flexibility index (Phi) is 5.01. The van der Waals surface area contributed by atoms with Crippen molar-refractivity contribution in [2.24, 2.45) is 5.92 Å². The van der Waals surface area contributed by atoms with Crippen molar-refractivity contribution < 1.29 is 14.4 Å². The molecule has 1 N–H and O–H groups in total. The van der Waals surface area contributed by atoms with Crippen LogP contribution in [0, 0.1) is 5.92 Å². The van der Waals surface area contributed by atoms with Gasteiger partial charge in [0.1, 0.15) is 5.54 Å². The molecule has 0 aromatic heterocycles. The molecular formula is C23H30N4O3. The summed E-state index contributed by atoms with van der Waals surface area (Å²) in [7, 11) is 0. The van der Waals surface area contributed by atoms with Crippen molar-refractivity contribution in [1.29, 1.82) is 0 Å². The molecule has 7 heteroatoms. The fourth-order valence-electron chi connectivity index (χ4n) is 5.20. The van der Waals surface area contributed by atoms with Crippen LogP contribution < -0.4 is 5.32 Å². The number of hydrogen-bond acceptors (Lipinski definition) is 4. The fourth-order valence-corrected chi connectivity index (χ4v) is 5.20. The van der Waals surface area contributed by atoms with Gasteiger partial charge in [0.25, 0.3) is 5.91 Å². The molecule has 1 aromatic rings. The van der Waals surface area contributed by atoms with Gasteiger partial charge in [-0.3, -0.25) is 19.4 Å². The number of likely N-dealkylation sites (tertiary alicyclic amines) is 2. The van der Waals surface area contributed by atoms with Gasteiger partial charge in [-0.05, 0) is 44.1 Å². The lowest BCUT2D eigenvalue weighted by Crippen LogP contribution is -2.56. The smallest absolute Gasteiger partial charge is 0.325 e. The lowest BCUT2D eigenvalue weighted by Gasteiger charge is -2.39. The number of benzene rings is 1. The van der Waals surface area contributed by atoms with Gasteiger partial charge in [0.05, 0.1) is 6.04 Å². The van der Waals surface area contributed by atoms with Crippen molar-refractivity contribution in [2.75, 3.05) is 26.2 Å². The van der Waals surface area contributed by atoms with Crippen molar-refractivity contribution in [2.45, 2.75) is 56.7 Å². The molecule has 7 nitrogen and oxygen atoms in total. The third kappa shape index (κ3) is 3.60. The van der Waals surface area contributed by atoms with E-state index >= 15 is 0 Å². The molecule has 4 fully saturated rings. The monoisotopic (exact) mass is 410 g/mol. The number of amides is 4. The van der Waals surface area contributed by atoms with E-state index in [1.165, 1.54) is 10.5 Å². The molecular weight excluding hydrogens is 380 g/mol. The molecule has 30 heavy (non-hydrogen) atoms. The Bertz CT molecular complexity index is 830. The van der Waals surface area contributed by atoms with Crippen molar-refractivity contribution in [3.8, 4) is 0 Å². The Balaban J connectivity index is 1.23. The van der Waals surface area contributed by atoms with Crippen LogP contribution >= 0.6 is 0 Å². The van der Waals surface area contributed by atoms with E-state index in [1.807, 2.05) is 23.1 Å². The molecule has 0 radical (unpaired) electrons. The average Bonchev–Trinajstić information content (AvgIpc) is 3.58. The summed E-state index contributed by atoms with van der Waals surface area (Å²) in [6.07, 6.45) is 4.86. The van der Waals surface area contributed by atoms with Crippen LogP contribution in [0.15, 0.2) is 30.3 Å². The second-order valence-corrected chi connectivity index (χ2v) is 9.30. The largest absolute Gasteiger partial charge is 0.340 e. The van der Waals surface area contributed by atoms with E-state index in [2.05, 4.69) is 22.3 Å². The summed E-state index contributed by atoms with van der Waals surface area (Å²) in [5.74, 6) is 0.292. The first kappa shape index (κ1) is 19.5. The Hall–Kier alpha value is -2.41. The third-order valence-electron chi connectivity index (χ3n) is 7.15. The first-order valence-corrected chi connectivity index (χ1v) is 11.3. The van der Waals surface area contributed by atoms with Crippen molar-refractivity contribution >= 4 is 17.8 Å². The van der Waals surface area contributed by atoms with E-state index in [-0.39, 0.29) is 29.8 Å². The predicted octanol–water partition coefficient (Wildman–Crippen LogP) is 1.97. The Labute approximate surface area is 177 Å². The normalized spacial score (nSPS) is 26.9. The van der Waals surface area contributed by atoms with Gasteiger partial charge in [-0.25, -0.2) is 4.79 Å². The van der Waals surface area contributed by atoms with Crippen LogP contribution in [0.3, 0.4) is 0 Å². The average molecular weight is 411 g/mol. The molecule has 3 heterocycles. The van der Waals surface area contributed by atoms with Gasteiger partial charge in [-0.1, -0.05) is 30.3 Å². The highest BCUT2D eigenvalue weighted by atomic mass is 16.2. The fraction of sp³-hybridized carbons (Fsp3) is 0.609. The standard InChI is InChI=1S/C23H30N4O3/c28-20(18-8-9-18)26-12-4-7-19(16-26)27-21(29)23(24-22(27)30)10-13-25(14-11-23)15-17-5-2-1-3-6-17/h1-3,5-6,18-19H,4,7-16H2,(H,24,30). The lowest BCUT2D eigenvalue weighted by atomic mass is 9.87. The molecule has 1 unspecified atom stereocenters. The number of rotatable bonds is 4. The molecule has 0 bridgehead atoms. The van der Waals surface area contributed by atoms with Gasteiger partial charge in [-0.15, -0.1) is 0 Å². The Morgan fingerprint density at radius 3 is 2.47 bits per heavy atom. The van der Waals surface area contributed by atoms with Gasteiger partial charge in [-0.2, -0.15) is 0 Å². The Morgan fingerprint density at radius 1 is 1.03 bits per heavy atom. The van der Waals surface area contributed by atoms with Gasteiger partial charge in [0.15, 0.2) is 0 Å². The summed E-state index contributed by atoms with van der Waals surface area (Å²) in [6.45, 7) is 3.67. The van der Waals surface area contributed by atoms with Crippen molar-refractivity contribution in [3.05, 3.63) is 35.9 Å². The van der Waals surface area contributed by atoms with E-state index in [0.717, 1.165) is 51.9 Å². The number of hydrogen-bond donors (Lipinski definition) is 1. The molecule has 5 rings (SSSR count). The van der Waals surface area contributed by atoms with E-state index in [1.54, 1.807) is 0 Å². The molecule has 1 atom stereocenters. The van der Waals surface area contributed by atoms with Crippen molar-refractivity contribution in [3.63, 3.8) is 0 Å². The summed E-state index contributed by atoms with van der Waals surface area (Å²) in [6, 6.07) is 9.86.